The number of carbonyl (C=O) groups is 1. The van der Waals surface area contributed by atoms with E-state index in [1.54, 1.807) is 24.3 Å². The number of fused-ring (bicyclic) bond motifs is 1. The Morgan fingerprint density at radius 2 is 1.88 bits per heavy atom. The molecular weight excluding hydrogens is 357 g/mol. The van der Waals surface area contributed by atoms with Gasteiger partial charge in [0, 0.05) is 18.5 Å². The quantitative estimate of drug-likeness (QED) is 0.769. The van der Waals surface area contributed by atoms with Crippen molar-refractivity contribution >= 4 is 17.5 Å². The van der Waals surface area contributed by atoms with Crippen LogP contribution in [0.25, 0.3) is 0 Å². The van der Waals surface area contributed by atoms with Gasteiger partial charge in [-0.3, -0.25) is 4.79 Å². The van der Waals surface area contributed by atoms with Gasteiger partial charge in [0.05, 0.1) is 24.3 Å². The molecule has 0 saturated carbocycles. The summed E-state index contributed by atoms with van der Waals surface area (Å²) in [6, 6.07) is 9.63. The van der Waals surface area contributed by atoms with Crippen molar-refractivity contribution in [3.05, 3.63) is 58.4 Å². The third-order valence-electron chi connectivity index (χ3n) is 4.82. The third-order valence-corrected chi connectivity index (χ3v) is 5.10. The van der Waals surface area contributed by atoms with E-state index < -0.39 is 0 Å². The minimum Gasteiger partial charge on any atom is -0.489 e. The van der Waals surface area contributed by atoms with Crippen LogP contribution < -0.4 is 9.47 Å². The van der Waals surface area contributed by atoms with E-state index in [0.29, 0.717) is 41.8 Å². The summed E-state index contributed by atoms with van der Waals surface area (Å²) >= 11 is 6.32. The molecule has 1 amide bonds. The molecule has 0 bridgehead atoms. The summed E-state index contributed by atoms with van der Waals surface area (Å²) in [5.41, 5.74) is 1.42. The van der Waals surface area contributed by atoms with Crippen LogP contribution in [0.3, 0.4) is 0 Å². The molecule has 4 rings (SSSR count). The number of rotatable bonds is 2. The zero-order valence-corrected chi connectivity index (χ0v) is 15.0. The van der Waals surface area contributed by atoms with Gasteiger partial charge in [-0.2, -0.15) is 0 Å². The van der Waals surface area contributed by atoms with Crippen LogP contribution in [-0.4, -0.2) is 30.6 Å². The number of benzene rings is 2. The number of hydrogen-bond donors (Lipinski definition) is 0. The highest BCUT2D eigenvalue weighted by atomic mass is 35.5. The minimum absolute atomic E-state index is 0.0575. The molecule has 1 atom stereocenters. The number of carbonyl (C=O) groups excluding carboxylic acids is 1. The second-order valence-corrected chi connectivity index (χ2v) is 6.95. The summed E-state index contributed by atoms with van der Waals surface area (Å²) in [6.45, 7) is 1.73. The second kappa shape index (κ2) is 7.16. The molecule has 6 heteroatoms. The molecule has 0 radical (unpaired) electrons. The molecule has 1 unspecified atom stereocenters. The topological polar surface area (TPSA) is 38.8 Å². The van der Waals surface area contributed by atoms with Crippen molar-refractivity contribution in [3.8, 4) is 11.5 Å². The van der Waals surface area contributed by atoms with Crippen LogP contribution in [0.2, 0.25) is 5.02 Å². The monoisotopic (exact) mass is 375 g/mol. The SMILES string of the molecule is O=C(c1cc(Cl)c2c(c1)OCCCO2)N1CCCC1c1ccc(F)cc1. The lowest BCUT2D eigenvalue weighted by Gasteiger charge is -2.25. The number of amides is 1. The van der Waals surface area contributed by atoms with Crippen LogP contribution in [-0.2, 0) is 0 Å². The van der Waals surface area contributed by atoms with E-state index in [1.807, 2.05) is 4.90 Å². The van der Waals surface area contributed by atoms with Gasteiger partial charge in [0.1, 0.15) is 5.82 Å². The molecule has 2 aliphatic heterocycles. The highest BCUT2D eigenvalue weighted by Gasteiger charge is 2.31. The van der Waals surface area contributed by atoms with Gasteiger partial charge in [0.2, 0.25) is 0 Å². The maximum absolute atomic E-state index is 13.2. The maximum Gasteiger partial charge on any atom is 0.254 e. The predicted molar refractivity (Wildman–Crippen MR) is 96.5 cm³/mol. The first-order valence-electron chi connectivity index (χ1n) is 8.79. The summed E-state index contributed by atoms with van der Waals surface area (Å²) in [4.78, 5) is 14.9. The Kier molecular flexibility index (Phi) is 4.72. The Hall–Kier alpha value is -2.27. The van der Waals surface area contributed by atoms with E-state index >= 15 is 0 Å². The number of likely N-dealkylation sites (tertiary alicyclic amines) is 1. The van der Waals surface area contributed by atoms with Crippen LogP contribution in [0, 0.1) is 5.82 Å². The Balaban J connectivity index is 1.63. The van der Waals surface area contributed by atoms with Crippen LogP contribution >= 0.6 is 11.6 Å². The molecule has 0 aromatic heterocycles. The van der Waals surface area contributed by atoms with E-state index in [9.17, 15) is 9.18 Å². The molecule has 136 valence electrons. The Labute approximate surface area is 156 Å². The first kappa shape index (κ1) is 17.2. The van der Waals surface area contributed by atoms with Crippen molar-refractivity contribution in [1.29, 1.82) is 0 Å². The van der Waals surface area contributed by atoms with Gasteiger partial charge in [0.15, 0.2) is 11.5 Å². The molecule has 2 aliphatic rings. The van der Waals surface area contributed by atoms with E-state index in [1.165, 1.54) is 12.1 Å². The molecule has 0 spiro atoms. The second-order valence-electron chi connectivity index (χ2n) is 6.54. The molecule has 4 nitrogen and oxygen atoms in total. The number of hydrogen-bond acceptors (Lipinski definition) is 3. The van der Waals surface area contributed by atoms with Gasteiger partial charge < -0.3 is 14.4 Å². The zero-order chi connectivity index (χ0) is 18.1. The average molecular weight is 376 g/mol. The Bertz CT molecular complexity index is 825. The van der Waals surface area contributed by atoms with Gasteiger partial charge >= 0.3 is 0 Å². The number of nitrogens with zero attached hydrogens (tertiary/aromatic N) is 1. The van der Waals surface area contributed by atoms with Crippen molar-refractivity contribution in [3.63, 3.8) is 0 Å². The molecule has 2 aromatic rings. The van der Waals surface area contributed by atoms with Crippen LogP contribution in [0.15, 0.2) is 36.4 Å². The molecule has 2 aromatic carbocycles. The fourth-order valence-electron chi connectivity index (χ4n) is 3.56. The highest BCUT2D eigenvalue weighted by molar-refractivity contribution is 6.32. The molecule has 2 heterocycles. The highest BCUT2D eigenvalue weighted by Crippen LogP contribution is 2.40. The standard InChI is InChI=1S/C20H19ClFNO3/c21-16-11-14(12-18-19(16)26-10-2-9-25-18)20(24)23-8-1-3-17(23)13-4-6-15(22)7-5-13/h4-7,11-12,17H,1-3,8-10H2. The van der Waals surface area contributed by atoms with Gasteiger partial charge in [-0.15, -0.1) is 0 Å². The largest absolute Gasteiger partial charge is 0.489 e. The van der Waals surface area contributed by atoms with E-state index in [4.69, 9.17) is 21.1 Å². The summed E-state index contributed by atoms with van der Waals surface area (Å²) in [6.07, 6.45) is 2.54. The van der Waals surface area contributed by atoms with Crippen LogP contribution in [0.4, 0.5) is 4.39 Å². The van der Waals surface area contributed by atoms with Crippen molar-refractivity contribution in [2.75, 3.05) is 19.8 Å². The van der Waals surface area contributed by atoms with Gasteiger partial charge in [-0.25, -0.2) is 4.39 Å². The smallest absolute Gasteiger partial charge is 0.254 e. The summed E-state index contributed by atoms with van der Waals surface area (Å²) in [7, 11) is 0. The normalized spacial score (nSPS) is 19.3. The van der Waals surface area contributed by atoms with Crippen molar-refractivity contribution < 1.29 is 18.7 Å². The summed E-state index contributed by atoms with van der Waals surface area (Å²) < 4.78 is 24.5. The van der Waals surface area contributed by atoms with E-state index in [-0.39, 0.29) is 17.8 Å². The fraction of sp³-hybridized carbons (Fsp3) is 0.350. The summed E-state index contributed by atoms with van der Waals surface area (Å²) in [5.74, 6) is 0.627. The lowest BCUT2D eigenvalue weighted by molar-refractivity contribution is 0.0735. The summed E-state index contributed by atoms with van der Waals surface area (Å²) in [5, 5.41) is 0.380. The Morgan fingerprint density at radius 3 is 2.69 bits per heavy atom. The van der Waals surface area contributed by atoms with Gasteiger partial charge in [0.25, 0.3) is 5.91 Å². The fourth-order valence-corrected chi connectivity index (χ4v) is 3.83. The van der Waals surface area contributed by atoms with Gasteiger partial charge in [-0.05, 0) is 42.7 Å². The van der Waals surface area contributed by atoms with Crippen LogP contribution in [0.1, 0.15) is 41.2 Å². The average Bonchev–Trinajstić information content (AvgIpc) is 3.00. The zero-order valence-electron chi connectivity index (χ0n) is 14.2. The van der Waals surface area contributed by atoms with Crippen molar-refractivity contribution in [1.82, 2.24) is 4.90 Å². The van der Waals surface area contributed by atoms with Crippen molar-refractivity contribution in [2.45, 2.75) is 25.3 Å². The lowest BCUT2D eigenvalue weighted by atomic mass is 10.0. The van der Waals surface area contributed by atoms with E-state index in [2.05, 4.69) is 0 Å². The third kappa shape index (κ3) is 3.23. The number of ether oxygens (including phenoxy) is 2. The molecule has 26 heavy (non-hydrogen) atoms. The van der Waals surface area contributed by atoms with Gasteiger partial charge in [-0.1, -0.05) is 23.7 Å². The molecule has 1 fully saturated rings. The lowest BCUT2D eigenvalue weighted by Crippen LogP contribution is -2.30. The van der Waals surface area contributed by atoms with Crippen LogP contribution in [0.5, 0.6) is 11.5 Å². The maximum atomic E-state index is 13.2. The number of halogens is 2. The van der Waals surface area contributed by atoms with Crippen molar-refractivity contribution in [2.24, 2.45) is 0 Å². The Morgan fingerprint density at radius 1 is 1.12 bits per heavy atom. The first-order valence-corrected chi connectivity index (χ1v) is 9.17. The molecule has 0 N–H and O–H groups in total. The molecule has 1 saturated heterocycles. The molecule has 0 aliphatic carbocycles. The molecular formula is C20H19ClFNO3. The first-order chi connectivity index (χ1) is 12.6. The predicted octanol–water partition coefficient (Wildman–Crippen LogP) is 4.62. The van der Waals surface area contributed by atoms with E-state index in [0.717, 1.165) is 24.8 Å². The minimum atomic E-state index is -0.278.